The highest BCUT2D eigenvalue weighted by Crippen LogP contribution is 2.02. The van der Waals surface area contributed by atoms with Gasteiger partial charge >= 0.3 is 6.09 Å². The van der Waals surface area contributed by atoms with Crippen molar-refractivity contribution < 1.29 is 8.98 Å². The number of nitrogens with one attached hydrogen (secondary N) is 1. The monoisotopic (exact) mass is 181 g/mol. The molecular weight excluding hydrogens is 170 g/mol. The first-order chi connectivity index (χ1) is 4.81. The molecule has 0 rings (SSSR count). The van der Waals surface area contributed by atoms with E-state index in [0.717, 1.165) is 23.5 Å². The van der Waals surface area contributed by atoms with E-state index in [4.69, 9.17) is 0 Å². The summed E-state index contributed by atoms with van der Waals surface area (Å²) in [6.45, 7) is 3.88. The van der Waals surface area contributed by atoms with Gasteiger partial charge in [-0.3, -0.25) is 4.72 Å². The van der Waals surface area contributed by atoms with Crippen LogP contribution in [0, 0.1) is 0 Å². The van der Waals surface area contributed by atoms with Crippen LogP contribution in [0.3, 0.4) is 0 Å². The second kappa shape index (κ2) is 7.08. The summed E-state index contributed by atoms with van der Waals surface area (Å²) in [5, 5.41) is 0. The van der Waals surface area contributed by atoms with Crippen molar-refractivity contribution in [3.8, 4) is 0 Å². The van der Waals surface area contributed by atoms with E-state index in [1.54, 1.807) is 0 Å². The summed E-state index contributed by atoms with van der Waals surface area (Å²) in [5.74, 6) is 1.64. The van der Waals surface area contributed by atoms with E-state index in [9.17, 15) is 4.79 Å². The van der Waals surface area contributed by atoms with Crippen LogP contribution < -0.4 is 4.72 Å². The van der Waals surface area contributed by atoms with Crippen molar-refractivity contribution in [1.82, 2.24) is 4.72 Å². The Labute approximate surface area is 69.6 Å². The van der Waals surface area contributed by atoms with E-state index < -0.39 is 0 Å². The van der Waals surface area contributed by atoms with E-state index in [-0.39, 0.29) is 6.09 Å². The van der Waals surface area contributed by atoms with E-state index in [2.05, 4.69) is 8.91 Å². The first kappa shape index (κ1) is 9.97. The molecular formula is C5H11NO2S2. The largest absolute Gasteiger partial charge is 0.429 e. The quantitative estimate of drug-likeness (QED) is 0.532. The number of hydrogen-bond acceptors (Lipinski definition) is 4. The summed E-state index contributed by atoms with van der Waals surface area (Å²) in [5.41, 5.74) is 0. The van der Waals surface area contributed by atoms with Gasteiger partial charge in [0.05, 0.1) is 12.0 Å². The Balaban J connectivity index is 3.09. The van der Waals surface area contributed by atoms with Crippen LogP contribution in [0.1, 0.15) is 13.8 Å². The zero-order valence-electron chi connectivity index (χ0n) is 6.05. The molecule has 0 atom stereocenters. The Morgan fingerprint density at radius 1 is 1.50 bits per heavy atom. The Morgan fingerprint density at radius 3 is 2.70 bits per heavy atom. The molecule has 0 saturated carbocycles. The number of hydrogen-bond donors (Lipinski definition) is 1. The molecule has 0 bridgehead atoms. The van der Waals surface area contributed by atoms with Gasteiger partial charge in [0.2, 0.25) is 0 Å². The molecule has 0 radical (unpaired) electrons. The highest BCUT2D eigenvalue weighted by atomic mass is 32.2. The summed E-state index contributed by atoms with van der Waals surface area (Å²) >= 11 is 2.47. The van der Waals surface area contributed by atoms with Gasteiger partial charge < -0.3 is 4.18 Å². The van der Waals surface area contributed by atoms with Crippen molar-refractivity contribution in [2.45, 2.75) is 13.8 Å². The molecule has 0 spiro atoms. The van der Waals surface area contributed by atoms with Crippen molar-refractivity contribution in [1.29, 1.82) is 0 Å². The molecule has 0 aromatic carbocycles. The number of carbonyl (C=O) groups excluding carboxylic acids is 1. The van der Waals surface area contributed by atoms with Crippen LogP contribution in [0.15, 0.2) is 0 Å². The molecule has 1 N–H and O–H groups in total. The SMILES string of the molecule is CCSNC(=O)OSCC. The van der Waals surface area contributed by atoms with Crippen LogP contribution in [0.4, 0.5) is 4.79 Å². The minimum atomic E-state index is -0.376. The standard InChI is InChI=1S/C5H11NO2S2/c1-3-9-6-5(7)8-10-4-2/h3-4H2,1-2H3,(H,6,7). The number of rotatable bonds is 4. The van der Waals surface area contributed by atoms with Crippen LogP contribution in [0.25, 0.3) is 0 Å². The lowest BCUT2D eigenvalue weighted by molar-refractivity contribution is 0.215. The van der Waals surface area contributed by atoms with Gasteiger partial charge in [-0.1, -0.05) is 13.8 Å². The lowest BCUT2D eigenvalue weighted by Gasteiger charge is -2.00. The topological polar surface area (TPSA) is 38.3 Å². The molecule has 0 aromatic heterocycles. The lowest BCUT2D eigenvalue weighted by atomic mass is 11.0. The van der Waals surface area contributed by atoms with Crippen molar-refractivity contribution in [2.75, 3.05) is 11.5 Å². The second-order valence-electron chi connectivity index (χ2n) is 1.31. The summed E-state index contributed by atoms with van der Waals surface area (Å²) in [6, 6.07) is 0. The first-order valence-corrected chi connectivity index (χ1v) is 4.92. The molecule has 0 aromatic rings. The van der Waals surface area contributed by atoms with Gasteiger partial charge in [0.1, 0.15) is 0 Å². The molecule has 0 fully saturated rings. The van der Waals surface area contributed by atoms with Gasteiger partial charge in [0.15, 0.2) is 0 Å². The fourth-order valence-electron chi connectivity index (χ4n) is 0.261. The third-order valence-corrected chi connectivity index (χ3v) is 1.66. The smallest absolute Gasteiger partial charge is 0.374 e. The normalized spacial score (nSPS) is 9.00. The van der Waals surface area contributed by atoms with Crippen molar-refractivity contribution in [3.05, 3.63) is 0 Å². The predicted molar refractivity (Wildman–Crippen MR) is 45.9 cm³/mol. The summed E-state index contributed by atoms with van der Waals surface area (Å²) in [4.78, 5) is 10.6. The molecule has 0 saturated heterocycles. The Morgan fingerprint density at radius 2 is 2.20 bits per heavy atom. The molecule has 10 heavy (non-hydrogen) atoms. The Kier molecular flexibility index (Phi) is 7.06. The zero-order chi connectivity index (χ0) is 7.82. The average Bonchev–Trinajstić information content (AvgIpc) is 1.97. The summed E-state index contributed by atoms with van der Waals surface area (Å²) in [6.07, 6.45) is -0.376. The van der Waals surface area contributed by atoms with Gasteiger partial charge in [-0.25, -0.2) is 4.79 Å². The summed E-state index contributed by atoms with van der Waals surface area (Å²) in [7, 11) is 0. The maximum atomic E-state index is 10.6. The molecule has 0 aliphatic carbocycles. The highest BCUT2D eigenvalue weighted by molar-refractivity contribution is 7.98. The fraction of sp³-hybridized carbons (Fsp3) is 0.800. The Bertz CT molecular complexity index is 89.6. The minimum Gasteiger partial charge on any atom is -0.374 e. The van der Waals surface area contributed by atoms with Crippen LogP contribution in [-0.4, -0.2) is 17.6 Å². The van der Waals surface area contributed by atoms with Crippen LogP contribution >= 0.6 is 24.0 Å². The van der Waals surface area contributed by atoms with Crippen LogP contribution in [0.5, 0.6) is 0 Å². The van der Waals surface area contributed by atoms with Gasteiger partial charge in [0, 0.05) is 11.5 Å². The van der Waals surface area contributed by atoms with Crippen molar-refractivity contribution >= 4 is 30.1 Å². The highest BCUT2D eigenvalue weighted by Gasteiger charge is 1.98. The van der Waals surface area contributed by atoms with E-state index in [1.807, 2.05) is 13.8 Å². The molecule has 5 heteroatoms. The third-order valence-electron chi connectivity index (χ3n) is 0.552. The zero-order valence-corrected chi connectivity index (χ0v) is 7.68. The van der Waals surface area contributed by atoms with Gasteiger partial charge in [-0.2, -0.15) is 0 Å². The second-order valence-corrected chi connectivity index (χ2v) is 3.36. The van der Waals surface area contributed by atoms with E-state index >= 15 is 0 Å². The molecule has 0 unspecified atom stereocenters. The molecule has 0 aliphatic rings. The Hall–Kier alpha value is -0.0300. The fourth-order valence-corrected chi connectivity index (χ4v) is 0.884. The maximum Gasteiger partial charge on any atom is 0.429 e. The summed E-state index contributed by atoms with van der Waals surface area (Å²) < 4.78 is 7.14. The minimum absolute atomic E-state index is 0.376. The van der Waals surface area contributed by atoms with Gasteiger partial charge in [-0.05, 0) is 11.9 Å². The van der Waals surface area contributed by atoms with Gasteiger partial charge in [0.25, 0.3) is 0 Å². The number of carbonyl (C=O) groups is 1. The molecule has 0 heterocycles. The first-order valence-electron chi connectivity index (χ1n) is 3.02. The van der Waals surface area contributed by atoms with Crippen molar-refractivity contribution in [2.24, 2.45) is 0 Å². The maximum absolute atomic E-state index is 10.6. The van der Waals surface area contributed by atoms with Crippen molar-refractivity contribution in [3.63, 3.8) is 0 Å². The molecule has 1 amide bonds. The van der Waals surface area contributed by atoms with Crippen LogP contribution in [0.2, 0.25) is 0 Å². The molecule has 3 nitrogen and oxygen atoms in total. The molecule has 60 valence electrons. The van der Waals surface area contributed by atoms with Crippen LogP contribution in [-0.2, 0) is 4.18 Å². The lowest BCUT2D eigenvalue weighted by Crippen LogP contribution is -2.14. The van der Waals surface area contributed by atoms with Gasteiger partial charge in [-0.15, -0.1) is 0 Å². The average molecular weight is 181 g/mol. The number of amides is 1. The third kappa shape index (κ3) is 6.10. The predicted octanol–water partition coefficient (Wildman–Crippen LogP) is 2.05. The van der Waals surface area contributed by atoms with E-state index in [1.165, 1.54) is 11.9 Å². The van der Waals surface area contributed by atoms with E-state index in [0.29, 0.717) is 0 Å². The molecule has 0 aliphatic heterocycles.